The second-order valence-corrected chi connectivity index (χ2v) is 9.29. The van der Waals surface area contributed by atoms with Crippen molar-refractivity contribution in [2.75, 3.05) is 38.2 Å². The molecule has 0 bridgehead atoms. The van der Waals surface area contributed by atoms with Gasteiger partial charge in [-0.25, -0.2) is 4.99 Å². The number of likely N-dealkylation sites (tertiary alicyclic amines) is 1. The third-order valence-electron chi connectivity index (χ3n) is 6.15. The third-order valence-corrected chi connectivity index (χ3v) is 6.84. The molecule has 2 fully saturated rings. The summed E-state index contributed by atoms with van der Waals surface area (Å²) < 4.78 is 8.26. The molecule has 3 rings (SSSR count). The topological polar surface area (TPSA) is 67.6 Å². The van der Waals surface area contributed by atoms with Gasteiger partial charge in [-0.3, -0.25) is 0 Å². The van der Waals surface area contributed by atoms with Crippen LogP contribution in [0.25, 0.3) is 0 Å². The Morgan fingerprint density at radius 1 is 1.20 bits per heavy atom. The molecule has 1 aromatic heterocycles. The van der Waals surface area contributed by atoms with Gasteiger partial charge >= 0.3 is 0 Å². The number of ether oxygens (including phenoxy) is 1. The summed E-state index contributed by atoms with van der Waals surface area (Å²) in [5.41, 5.74) is 0. The number of piperidine rings is 1. The number of rotatable bonds is 9. The van der Waals surface area contributed by atoms with Crippen LogP contribution in [0.15, 0.2) is 4.99 Å². The van der Waals surface area contributed by atoms with Gasteiger partial charge in [-0.2, -0.15) is 11.8 Å². The first-order valence-electron chi connectivity index (χ1n) is 11.2. The van der Waals surface area contributed by atoms with Crippen molar-refractivity contribution in [2.24, 2.45) is 18.0 Å². The Morgan fingerprint density at radius 2 is 1.93 bits per heavy atom. The van der Waals surface area contributed by atoms with Crippen LogP contribution in [0, 0.1) is 12.8 Å². The monoisotopic (exact) mass is 550 g/mol. The highest BCUT2D eigenvalue weighted by molar-refractivity contribution is 14.0. The summed E-state index contributed by atoms with van der Waals surface area (Å²) in [6, 6.07) is 0. The fourth-order valence-electron chi connectivity index (χ4n) is 4.10. The lowest BCUT2D eigenvalue weighted by Crippen LogP contribution is -2.47. The van der Waals surface area contributed by atoms with Gasteiger partial charge in [0.1, 0.15) is 12.4 Å². The number of aromatic nitrogens is 3. The van der Waals surface area contributed by atoms with Gasteiger partial charge in [0.05, 0.1) is 6.10 Å². The highest BCUT2D eigenvalue weighted by atomic mass is 127. The molecule has 0 amide bonds. The minimum atomic E-state index is 0. The van der Waals surface area contributed by atoms with Crippen molar-refractivity contribution in [1.82, 2.24) is 25.0 Å². The predicted octanol–water partition coefficient (Wildman–Crippen LogP) is 3.61. The lowest BCUT2D eigenvalue weighted by molar-refractivity contribution is 0.000998. The molecular formula is C21H39IN6OS. The number of hydrogen-bond donors (Lipinski definition) is 1. The maximum atomic E-state index is 6.24. The molecule has 0 spiro atoms. The number of guanidine groups is 1. The fourth-order valence-corrected chi connectivity index (χ4v) is 4.54. The fraction of sp³-hybridized carbons (Fsp3) is 0.857. The Morgan fingerprint density at radius 3 is 2.57 bits per heavy atom. The highest BCUT2D eigenvalue weighted by Crippen LogP contribution is 2.26. The highest BCUT2D eigenvalue weighted by Gasteiger charge is 2.24. The lowest BCUT2D eigenvalue weighted by Gasteiger charge is -2.34. The molecule has 0 aromatic carbocycles. The van der Waals surface area contributed by atoms with E-state index in [0.29, 0.717) is 12.6 Å². The van der Waals surface area contributed by atoms with Crippen LogP contribution in [0.3, 0.4) is 0 Å². The summed E-state index contributed by atoms with van der Waals surface area (Å²) in [6.45, 7) is 6.45. The van der Waals surface area contributed by atoms with Crippen molar-refractivity contribution >= 4 is 41.7 Å². The number of aliphatic imine (C=N–C) groups is 1. The summed E-state index contributed by atoms with van der Waals surface area (Å²) in [5, 5.41) is 12.0. The molecule has 1 aromatic rings. The van der Waals surface area contributed by atoms with E-state index in [4.69, 9.17) is 9.73 Å². The van der Waals surface area contributed by atoms with Gasteiger partial charge in [0.15, 0.2) is 11.8 Å². The standard InChI is InChI=1S/C21H38N6OS.HI/c1-17-24-25-20(26(17)2)15-23-21(22-11-6-14-29-3)27-12-9-19(10-13-27)28-16-18-7-4-5-8-18;/h18-19H,4-16H2,1-3H3,(H,22,23);1H. The molecule has 30 heavy (non-hydrogen) atoms. The van der Waals surface area contributed by atoms with E-state index in [0.717, 1.165) is 69.0 Å². The average Bonchev–Trinajstić information content (AvgIpc) is 3.37. The molecule has 2 aliphatic rings. The summed E-state index contributed by atoms with van der Waals surface area (Å²) in [7, 11) is 2.00. The summed E-state index contributed by atoms with van der Waals surface area (Å²) in [5.74, 6) is 4.80. The van der Waals surface area contributed by atoms with E-state index < -0.39 is 0 Å². The van der Waals surface area contributed by atoms with Crippen LogP contribution < -0.4 is 5.32 Å². The van der Waals surface area contributed by atoms with Gasteiger partial charge in [0.2, 0.25) is 0 Å². The molecule has 1 aliphatic heterocycles. The van der Waals surface area contributed by atoms with E-state index in [-0.39, 0.29) is 24.0 Å². The summed E-state index contributed by atoms with van der Waals surface area (Å²) in [4.78, 5) is 7.27. The van der Waals surface area contributed by atoms with Crippen LogP contribution in [-0.2, 0) is 18.3 Å². The van der Waals surface area contributed by atoms with E-state index in [1.165, 1.54) is 31.4 Å². The largest absolute Gasteiger partial charge is 0.378 e. The Labute approximate surface area is 203 Å². The van der Waals surface area contributed by atoms with Crippen molar-refractivity contribution < 1.29 is 4.74 Å². The molecule has 0 unspecified atom stereocenters. The Bertz CT molecular complexity index is 641. The van der Waals surface area contributed by atoms with Gasteiger partial charge in [0, 0.05) is 33.3 Å². The first-order chi connectivity index (χ1) is 14.2. The van der Waals surface area contributed by atoms with Crippen molar-refractivity contribution in [3.05, 3.63) is 11.6 Å². The molecule has 0 radical (unpaired) electrons. The average molecular weight is 551 g/mol. The van der Waals surface area contributed by atoms with Crippen LogP contribution in [-0.4, -0.2) is 70.0 Å². The van der Waals surface area contributed by atoms with Crippen molar-refractivity contribution in [2.45, 2.75) is 64.5 Å². The zero-order valence-corrected chi connectivity index (χ0v) is 22.0. The number of thioether (sulfide) groups is 1. The summed E-state index contributed by atoms with van der Waals surface area (Å²) >= 11 is 1.89. The van der Waals surface area contributed by atoms with Crippen molar-refractivity contribution in [3.8, 4) is 0 Å². The quantitative estimate of drug-likeness (QED) is 0.219. The molecular weight excluding hydrogens is 511 g/mol. The Balaban J connectivity index is 0.00000320. The zero-order chi connectivity index (χ0) is 20.5. The van der Waals surface area contributed by atoms with E-state index in [9.17, 15) is 0 Å². The van der Waals surface area contributed by atoms with Gasteiger partial charge in [-0.15, -0.1) is 34.2 Å². The van der Waals surface area contributed by atoms with Crippen LogP contribution in [0.2, 0.25) is 0 Å². The minimum absolute atomic E-state index is 0. The van der Waals surface area contributed by atoms with Crippen LogP contribution in [0.1, 0.15) is 56.6 Å². The van der Waals surface area contributed by atoms with E-state index in [2.05, 4.69) is 26.7 Å². The SMILES string of the molecule is CSCCCNC(=NCc1nnc(C)n1C)N1CCC(OCC2CCCC2)CC1.I. The molecule has 1 saturated heterocycles. The number of nitrogens with one attached hydrogen (secondary N) is 1. The van der Waals surface area contributed by atoms with E-state index in [1.54, 1.807) is 0 Å². The smallest absolute Gasteiger partial charge is 0.194 e. The Kier molecular flexibility index (Phi) is 11.8. The summed E-state index contributed by atoms with van der Waals surface area (Å²) in [6.07, 6.45) is 11.4. The molecule has 1 saturated carbocycles. The lowest BCUT2D eigenvalue weighted by atomic mass is 10.1. The Hall–Kier alpha value is -0.550. The molecule has 2 heterocycles. The van der Waals surface area contributed by atoms with Crippen molar-refractivity contribution in [3.63, 3.8) is 0 Å². The zero-order valence-electron chi connectivity index (χ0n) is 18.8. The second-order valence-electron chi connectivity index (χ2n) is 8.31. The number of halogens is 1. The van der Waals surface area contributed by atoms with Gasteiger partial charge in [-0.05, 0) is 57.0 Å². The first-order valence-corrected chi connectivity index (χ1v) is 12.6. The van der Waals surface area contributed by atoms with E-state index in [1.807, 2.05) is 30.3 Å². The molecule has 9 heteroatoms. The predicted molar refractivity (Wildman–Crippen MR) is 136 cm³/mol. The van der Waals surface area contributed by atoms with Gasteiger partial charge < -0.3 is 19.5 Å². The van der Waals surface area contributed by atoms with E-state index >= 15 is 0 Å². The van der Waals surface area contributed by atoms with Crippen LogP contribution in [0.5, 0.6) is 0 Å². The first kappa shape index (κ1) is 25.7. The van der Waals surface area contributed by atoms with Crippen LogP contribution >= 0.6 is 35.7 Å². The number of hydrogen-bond acceptors (Lipinski definition) is 5. The molecule has 1 N–H and O–H groups in total. The van der Waals surface area contributed by atoms with Crippen LogP contribution in [0.4, 0.5) is 0 Å². The number of aryl methyl sites for hydroxylation is 1. The maximum Gasteiger partial charge on any atom is 0.194 e. The normalized spacial score (nSPS) is 18.6. The number of nitrogens with zero attached hydrogens (tertiary/aromatic N) is 5. The molecule has 7 nitrogen and oxygen atoms in total. The maximum absolute atomic E-state index is 6.24. The van der Waals surface area contributed by atoms with Gasteiger partial charge in [-0.1, -0.05) is 12.8 Å². The third kappa shape index (κ3) is 7.85. The molecule has 0 atom stereocenters. The molecule has 1 aliphatic carbocycles. The molecule has 172 valence electrons. The minimum Gasteiger partial charge on any atom is -0.378 e. The second kappa shape index (κ2) is 13.8. The van der Waals surface area contributed by atoms with Crippen molar-refractivity contribution in [1.29, 1.82) is 0 Å². The van der Waals surface area contributed by atoms with Gasteiger partial charge in [0.25, 0.3) is 0 Å².